The number of aromatic amines is 1. The highest BCUT2D eigenvalue weighted by Crippen LogP contribution is 2.34. The predicted molar refractivity (Wildman–Crippen MR) is 96.3 cm³/mol. The fourth-order valence-corrected chi connectivity index (χ4v) is 2.79. The first-order valence-electron chi connectivity index (χ1n) is 7.71. The van der Waals surface area contributed by atoms with Gasteiger partial charge < -0.3 is 5.32 Å². The molecule has 2 aromatic carbocycles. The summed E-state index contributed by atoms with van der Waals surface area (Å²) in [6.07, 6.45) is 3.14. The summed E-state index contributed by atoms with van der Waals surface area (Å²) in [5.74, 6) is -0.239. The van der Waals surface area contributed by atoms with Crippen molar-refractivity contribution in [3.05, 3.63) is 60.2 Å². The van der Waals surface area contributed by atoms with Gasteiger partial charge in [-0.05, 0) is 48.4 Å². The summed E-state index contributed by atoms with van der Waals surface area (Å²) < 4.78 is 0. The van der Waals surface area contributed by atoms with E-state index in [0.29, 0.717) is 5.69 Å². The molecular weight excluding hydrogens is 300 g/mol. The zero-order valence-electron chi connectivity index (χ0n) is 13.2. The van der Waals surface area contributed by atoms with Gasteiger partial charge in [0.2, 0.25) is 5.91 Å². The van der Waals surface area contributed by atoms with Crippen LogP contribution in [-0.4, -0.2) is 22.3 Å². The Bertz CT molecular complexity index is 994. The van der Waals surface area contributed by atoms with Crippen LogP contribution in [0.15, 0.2) is 54.0 Å². The van der Waals surface area contributed by atoms with Gasteiger partial charge in [0, 0.05) is 22.9 Å². The molecule has 2 N–H and O–H groups in total. The molecule has 1 aromatic heterocycles. The third-order valence-electron chi connectivity index (χ3n) is 4.04. The van der Waals surface area contributed by atoms with Crippen LogP contribution in [0.25, 0.3) is 22.2 Å². The Labute approximate surface area is 139 Å². The zero-order chi connectivity index (χ0) is 16.7. The Morgan fingerprint density at radius 1 is 1.29 bits per heavy atom. The molecule has 0 bridgehead atoms. The smallest absolute Gasteiger partial charge is 0.247 e. The maximum atomic E-state index is 11.6. The molecule has 1 unspecified atom stereocenters. The van der Waals surface area contributed by atoms with Crippen LogP contribution in [0.2, 0.25) is 0 Å². The summed E-state index contributed by atoms with van der Waals surface area (Å²) in [5, 5.41) is 11.4. The lowest BCUT2D eigenvalue weighted by molar-refractivity contribution is -0.111. The van der Waals surface area contributed by atoms with Crippen molar-refractivity contribution < 1.29 is 4.79 Å². The van der Waals surface area contributed by atoms with E-state index in [9.17, 15) is 4.79 Å². The van der Waals surface area contributed by atoms with Crippen molar-refractivity contribution >= 4 is 28.7 Å². The van der Waals surface area contributed by atoms with E-state index >= 15 is 0 Å². The van der Waals surface area contributed by atoms with E-state index < -0.39 is 0 Å². The van der Waals surface area contributed by atoms with Crippen molar-refractivity contribution in [2.75, 3.05) is 5.32 Å². The maximum absolute atomic E-state index is 11.6. The molecule has 3 aromatic rings. The zero-order valence-corrected chi connectivity index (χ0v) is 13.2. The normalized spacial score (nSPS) is 15.5. The first-order chi connectivity index (χ1) is 11.6. The number of anilines is 1. The third kappa shape index (κ3) is 2.60. The lowest BCUT2D eigenvalue weighted by Crippen LogP contribution is -2.07. The van der Waals surface area contributed by atoms with Crippen molar-refractivity contribution in [3.8, 4) is 11.3 Å². The minimum absolute atomic E-state index is 0.0942. The van der Waals surface area contributed by atoms with Gasteiger partial charge in [0.15, 0.2) is 0 Å². The molecule has 4 rings (SSSR count). The minimum Gasteiger partial charge on any atom is -0.322 e. The number of rotatable bonds is 4. The summed E-state index contributed by atoms with van der Waals surface area (Å²) in [6.45, 7) is 5.54. The van der Waals surface area contributed by atoms with Crippen LogP contribution in [0.3, 0.4) is 0 Å². The molecule has 1 aliphatic heterocycles. The van der Waals surface area contributed by atoms with E-state index in [1.54, 1.807) is 0 Å². The Morgan fingerprint density at radius 2 is 2.12 bits per heavy atom. The molecule has 2 heterocycles. The Morgan fingerprint density at radius 3 is 2.88 bits per heavy atom. The van der Waals surface area contributed by atoms with Crippen LogP contribution in [0, 0.1) is 6.92 Å². The van der Waals surface area contributed by atoms with Crippen LogP contribution in [0.1, 0.15) is 17.2 Å². The van der Waals surface area contributed by atoms with Crippen LogP contribution in [-0.2, 0) is 4.79 Å². The predicted octanol–water partition coefficient (Wildman–Crippen LogP) is 3.79. The number of hydrogen-bond donors (Lipinski definition) is 2. The van der Waals surface area contributed by atoms with Crippen molar-refractivity contribution in [1.29, 1.82) is 0 Å². The SMILES string of the molecule is C=CC(=O)Nc1cc(-c2n[nH]c3cc(C)ccc23)cc(C2C=N2)c1. The average Bonchev–Trinajstić information content (AvgIpc) is 3.34. The van der Waals surface area contributed by atoms with E-state index in [4.69, 9.17) is 0 Å². The van der Waals surface area contributed by atoms with Crippen molar-refractivity contribution in [3.63, 3.8) is 0 Å². The topological polar surface area (TPSA) is 70.1 Å². The maximum Gasteiger partial charge on any atom is 0.247 e. The fourth-order valence-electron chi connectivity index (χ4n) is 2.79. The van der Waals surface area contributed by atoms with E-state index in [1.807, 2.05) is 25.3 Å². The number of aryl methyl sites for hydroxylation is 1. The molecular formula is C19H16N4O. The van der Waals surface area contributed by atoms with Gasteiger partial charge in [-0.1, -0.05) is 18.7 Å². The summed E-state index contributed by atoms with van der Waals surface area (Å²) in [5.41, 5.74) is 5.73. The molecule has 118 valence electrons. The number of benzene rings is 2. The Balaban J connectivity index is 1.83. The molecule has 1 atom stereocenters. The summed E-state index contributed by atoms with van der Waals surface area (Å²) in [4.78, 5) is 15.9. The van der Waals surface area contributed by atoms with Gasteiger partial charge in [0.25, 0.3) is 0 Å². The standard InChI is InChI=1S/C19H16N4O/c1-3-18(24)21-14-8-12(17-10-20-17)7-13(9-14)19-15-5-4-11(2)6-16(15)22-23-19/h3-10,17H,1H2,2H3,(H,21,24)(H,22,23). The monoisotopic (exact) mass is 316 g/mol. The molecule has 0 saturated carbocycles. The number of nitrogens with one attached hydrogen (secondary N) is 2. The second-order valence-electron chi connectivity index (χ2n) is 5.90. The number of carbonyl (C=O) groups is 1. The average molecular weight is 316 g/mol. The highest BCUT2D eigenvalue weighted by molar-refractivity contribution is 6.00. The molecule has 5 nitrogen and oxygen atoms in total. The molecule has 0 saturated heterocycles. The van der Waals surface area contributed by atoms with Gasteiger partial charge in [-0.25, -0.2) is 0 Å². The van der Waals surface area contributed by atoms with Crippen LogP contribution < -0.4 is 5.32 Å². The molecule has 0 spiro atoms. The van der Waals surface area contributed by atoms with Crippen molar-refractivity contribution in [2.24, 2.45) is 4.99 Å². The van der Waals surface area contributed by atoms with Gasteiger partial charge in [0.1, 0.15) is 6.04 Å². The Hall–Kier alpha value is -3.21. The summed E-state index contributed by atoms with van der Waals surface area (Å²) in [6, 6.07) is 12.2. The quantitative estimate of drug-likeness (QED) is 0.719. The Kier molecular flexibility index (Phi) is 3.27. The highest BCUT2D eigenvalue weighted by Gasteiger charge is 2.19. The minimum atomic E-state index is -0.239. The highest BCUT2D eigenvalue weighted by atomic mass is 16.1. The third-order valence-corrected chi connectivity index (χ3v) is 4.04. The first-order valence-corrected chi connectivity index (χ1v) is 7.71. The molecule has 1 aliphatic rings. The van der Waals surface area contributed by atoms with Crippen molar-refractivity contribution in [2.45, 2.75) is 13.0 Å². The number of H-pyrrole nitrogens is 1. The number of nitrogens with zero attached hydrogens (tertiary/aromatic N) is 2. The molecule has 0 aliphatic carbocycles. The fraction of sp³-hybridized carbons (Fsp3) is 0.105. The largest absolute Gasteiger partial charge is 0.322 e. The van der Waals surface area contributed by atoms with Gasteiger partial charge in [0.05, 0.1) is 11.2 Å². The van der Waals surface area contributed by atoms with Gasteiger partial charge in [-0.3, -0.25) is 14.9 Å². The number of aliphatic imine (C=N–C) groups is 1. The molecule has 0 fully saturated rings. The number of aromatic nitrogens is 2. The number of amides is 1. The summed E-state index contributed by atoms with van der Waals surface area (Å²) >= 11 is 0. The summed E-state index contributed by atoms with van der Waals surface area (Å²) in [7, 11) is 0. The number of fused-ring (bicyclic) bond motifs is 1. The molecule has 1 amide bonds. The van der Waals surface area contributed by atoms with E-state index in [0.717, 1.165) is 27.7 Å². The lowest BCUT2D eigenvalue weighted by Gasteiger charge is -2.08. The lowest BCUT2D eigenvalue weighted by atomic mass is 10.0. The van der Waals surface area contributed by atoms with Gasteiger partial charge in [-0.2, -0.15) is 5.10 Å². The van der Waals surface area contributed by atoms with Gasteiger partial charge >= 0.3 is 0 Å². The van der Waals surface area contributed by atoms with Crippen molar-refractivity contribution in [1.82, 2.24) is 10.2 Å². The molecule has 24 heavy (non-hydrogen) atoms. The van der Waals surface area contributed by atoms with Crippen LogP contribution >= 0.6 is 0 Å². The molecule has 0 radical (unpaired) electrons. The molecule has 5 heteroatoms. The van der Waals surface area contributed by atoms with Crippen LogP contribution in [0.4, 0.5) is 5.69 Å². The second kappa shape index (κ2) is 5.45. The number of carbonyl (C=O) groups excluding carboxylic acids is 1. The van der Waals surface area contributed by atoms with Crippen LogP contribution in [0.5, 0.6) is 0 Å². The first kappa shape index (κ1) is 14.4. The van der Waals surface area contributed by atoms with E-state index in [1.165, 1.54) is 11.6 Å². The number of hydrogen-bond acceptors (Lipinski definition) is 3. The second-order valence-corrected chi connectivity index (χ2v) is 5.90. The van der Waals surface area contributed by atoms with E-state index in [-0.39, 0.29) is 11.9 Å². The van der Waals surface area contributed by atoms with E-state index in [2.05, 4.69) is 51.4 Å². The van der Waals surface area contributed by atoms with Gasteiger partial charge in [-0.15, -0.1) is 0 Å².